The summed E-state index contributed by atoms with van der Waals surface area (Å²) in [5.74, 6) is -3.46. The average Bonchev–Trinajstić information content (AvgIpc) is 2.13. The monoisotopic (exact) mass is 322 g/mol. The Morgan fingerprint density at radius 2 is 1.60 bits per heavy atom. The minimum atomic E-state index is -5.08. The Hall–Kier alpha value is -1.36. The van der Waals surface area contributed by atoms with Gasteiger partial charge in [0.2, 0.25) is 5.91 Å². The van der Waals surface area contributed by atoms with Crippen LogP contribution in [0, 0.1) is 5.92 Å². The molecule has 0 heterocycles. The van der Waals surface area contributed by atoms with Crippen LogP contribution in [0.15, 0.2) is 0 Å². The third-order valence-corrected chi connectivity index (χ3v) is 3.89. The summed E-state index contributed by atoms with van der Waals surface area (Å²) in [6, 6.07) is 0. The van der Waals surface area contributed by atoms with E-state index in [-0.39, 0.29) is 18.1 Å². The summed E-state index contributed by atoms with van der Waals surface area (Å²) in [4.78, 5) is 19.3. The van der Waals surface area contributed by atoms with E-state index in [2.05, 4.69) is 0 Å². The normalized spacial score (nSPS) is 13.3. The number of carboxylic acids is 1. The molecule has 1 amide bonds. The highest BCUT2D eigenvalue weighted by Gasteiger charge is 2.38. The van der Waals surface area contributed by atoms with Gasteiger partial charge in [0.05, 0.1) is 12.2 Å². The number of carbonyl (C=O) groups is 2. The number of carboxylic acid groups (broad SMARTS) is 1. The van der Waals surface area contributed by atoms with Crippen LogP contribution in [0.1, 0.15) is 20.3 Å². The standard InChI is InChI=1S/C7H16N2O3S.C2HF3O2/c1-5(2)4-13(11,12)7(9)3-6(8)10;3-2(4,5)1(6)7/h5,7H,3-4,9H2,1-2H3,(H2,8,10);(H,6,7). The Balaban J connectivity index is 0. The summed E-state index contributed by atoms with van der Waals surface area (Å²) in [5, 5.41) is 5.97. The number of aliphatic carboxylic acids is 1. The zero-order chi connectivity index (χ0) is 16.7. The first-order valence-corrected chi connectivity index (χ1v) is 6.97. The predicted molar refractivity (Wildman–Crippen MR) is 64.1 cm³/mol. The minimum Gasteiger partial charge on any atom is -0.475 e. The Labute approximate surface area is 114 Å². The second-order valence-corrected chi connectivity index (χ2v) is 6.50. The Morgan fingerprint density at radius 3 is 1.80 bits per heavy atom. The van der Waals surface area contributed by atoms with Crippen molar-refractivity contribution in [3.8, 4) is 0 Å². The van der Waals surface area contributed by atoms with E-state index in [4.69, 9.17) is 21.4 Å². The first kappa shape index (κ1) is 20.9. The molecule has 0 spiro atoms. The van der Waals surface area contributed by atoms with Gasteiger partial charge in [0.15, 0.2) is 9.84 Å². The molecule has 0 bridgehead atoms. The number of sulfone groups is 1. The second-order valence-electron chi connectivity index (χ2n) is 4.24. The van der Waals surface area contributed by atoms with Crippen LogP contribution in [0.3, 0.4) is 0 Å². The van der Waals surface area contributed by atoms with Crippen LogP contribution in [-0.2, 0) is 19.4 Å². The highest BCUT2D eigenvalue weighted by atomic mass is 32.2. The van der Waals surface area contributed by atoms with Crippen LogP contribution >= 0.6 is 0 Å². The molecule has 0 aliphatic heterocycles. The average molecular weight is 322 g/mol. The van der Waals surface area contributed by atoms with Crippen molar-refractivity contribution < 1.29 is 36.3 Å². The largest absolute Gasteiger partial charge is 0.490 e. The number of hydrogen-bond donors (Lipinski definition) is 3. The van der Waals surface area contributed by atoms with Crippen LogP contribution in [0.2, 0.25) is 0 Å². The quantitative estimate of drug-likeness (QED) is 0.643. The van der Waals surface area contributed by atoms with Gasteiger partial charge < -0.3 is 16.6 Å². The van der Waals surface area contributed by atoms with Gasteiger partial charge in [-0.3, -0.25) is 4.79 Å². The van der Waals surface area contributed by atoms with Crippen LogP contribution in [-0.4, -0.2) is 42.7 Å². The molecule has 7 nitrogen and oxygen atoms in total. The number of alkyl halides is 3. The molecule has 0 aliphatic rings. The lowest BCUT2D eigenvalue weighted by Gasteiger charge is -2.12. The number of primary amides is 1. The lowest BCUT2D eigenvalue weighted by atomic mass is 10.3. The van der Waals surface area contributed by atoms with E-state index in [1.807, 2.05) is 0 Å². The number of nitrogens with two attached hydrogens (primary N) is 2. The van der Waals surface area contributed by atoms with Gasteiger partial charge in [-0.1, -0.05) is 13.8 Å². The second kappa shape index (κ2) is 8.04. The zero-order valence-corrected chi connectivity index (χ0v) is 11.7. The molecular weight excluding hydrogens is 305 g/mol. The number of carbonyl (C=O) groups excluding carboxylic acids is 1. The fraction of sp³-hybridized carbons (Fsp3) is 0.778. The van der Waals surface area contributed by atoms with E-state index >= 15 is 0 Å². The molecule has 0 fully saturated rings. The Bertz CT molecular complexity index is 433. The van der Waals surface area contributed by atoms with Gasteiger partial charge >= 0.3 is 12.1 Å². The smallest absolute Gasteiger partial charge is 0.475 e. The highest BCUT2D eigenvalue weighted by Crippen LogP contribution is 2.13. The SMILES string of the molecule is CC(C)CS(=O)(=O)C(N)CC(N)=O.O=C(O)C(F)(F)F. The third-order valence-electron chi connectivity index (χ3n) is 1.67. The fourth-order valence-corrected chi connectivity index (χ4v) is 2.51. The molecule has 0 rings (SSSR count). The Morgan fingerprint density at radius 1 is 1.25 bits per heavy atom. The van der Waals surface area contributed by atoms with Crippen LogP contribution in [0.5, 0.6) is 0 Å². The lowest BCUT2D eigenvalue weighted by Crippen LogP contribution is -2.37. The van der Waals surface area contributed by atoms with E-state index in [1.54, 1.807) is 13.8 Å². The van der Waals surface area contributed by atoms with Crippen LogP contribution < -0.4 is 11.5 Å². The summed E-state index contributed by atoms with van der Waals surface area (Å²) in [6.45, 7) is 3.54. The van der Waals surface area contributed by atoms with Crippen molar-refractivity contribution in [2.75, 3.05) is 5.75 Å². The van der Waals surface area contributed by atoms with Gasteiger partial charge in [-0.2, -0.15) is 13.2 Å². The van der Waals surface area contributed by atoms with E-state index in [9.17, 15) is 26.4 Å². The summed E-state index contributed by atoms with van der Waals surface area (Å²) >= 11 is 0. The topological polar surface area (TPSA) is 141 Å². The van der Waals surface area contributed by atoms with Gasteiger partial charge in [-0.05, 0) is 5.92 Å². The molecule has 0 aromatic carbocycles. The molecule has 120 valence electrons. The summed E-state index contributed by atoms with van der Waals surface area (Å²) in [5.41, 5.74) is 10.1. The number of rotatable bonds is 5. The van der Waals surface area contributed by atoms with Crippen molar-refractivity contribution in [1.82, 2.24) is 0 Å². The molecule has 0 saturated carbocycles. The van der Waals surface area contributed by atoms with Crippen LogP contribution in [0.4, 0.5) is 13.2 Å². The van der Waals surface area contributed by atoms with E-state index in [0.717, 1.165) is 0 Å². The molecule has 5 N–H and O–H groups in total. The first-order chi connectivity index (χ1) is 8.70. The maximum absolute atomic E-state index is 11.3. The van der Waals surface area contributed by atoms with Gasteiger partial charge in [-0.25, -0.2) is 13.2 Å². The maximum atomic E-state index is 11.3. The fourth-order valence-electron chi connectivity index (χ4n) is 0.913. The van der Waals surface area contributed by atoms with Gasteiger partial charge in [-0.15, -0.1) is 0 Å². The molecule has 0 aromatic heterocycles. The molecule has 0 saturated heterocycles. The number of hydrogen-bond acceptors (Lipinski definition) is 5. The molecule has 20 heavy (non-hydrogen) atoms. The molecule has 1 unspecified atom stereocenters. The number of halogens is 3. The van der Waals surface area contributed by atoms with Crippen molar-refractivity contribution in [3.63, 3.8) is 0 Å². The molecule has 0 radical (unpaired) electrons. The highest BCUT2D eigenvalue weighted by molar-refractivity contribution is 7.92. The predicted octanol–water partition coefficient (Wildman–Crippen LogP) is -0.149. The molecular formula is C9H17F3N2O5S. The van der Waals surface area contributed by atoms with Gasteiger partial charge in [0, 0.05) is 0 Å². The summed E-state index contributed by atoms with van der Waals surface area (Å²) in [6.07, 6.45) is -5.39. The van der Waals surface area contributed by atoms with Crippen molar-refractivity contribution in [2.45, 2.75) is 31.8 Å². The summed E-state index contributed by atoms with van der Waals surface area (Å²) < 4.78 is 54.4. The lowest BCUT2D eigenvalue weighted by molar-refractivity contribution is -0.192. The van der Waals surface area contributed by atoms with Crippen molar-refractivity contribution in [3.05, 3.63) is 0 Å². The van der Waals surface area contributed by atoms with Gasteiger partial charge in [0.25, 0.3) is 0 Å². The van der Waals surface area contributed by atoms with E-state index in [0.29, 0.717) is 0 Å². The van der Waals surface area contributed by atoms with Crippen molar-refractivity contribution in [1.29, 1.82) is 0 Å². The molecule has 1 atom stereocenters. The van der Waals surface area contributed by atoms with Gasteiger partial charge in [0.1, 0.15) is 5.37 Å². The Kier molecular flexibility index (Phi) is 8.43. The number of amides is 1. The van der Waals surface area contributed by atoms with Crippen molar-refractivity contribution >= 4 is 21.7 Å². The first-order valence-electron chi connectivity index (χ1n) is 5.25. The third kappa shape index (κ3) is 10.6. The van der Waals surface area contributed by atoms with Crippen molar-refractivity contribution in [2.24, 2.45) is 17.4 Å². The molecule has 0 aliphatic carbocycles. The zero-order valence-electron chi connectivity index (χ0n) is 10.8. The summed E-state index contributed by atoms with van der Waals surface area (Å²) in [7, 11) is -3.38. The maximum Gasteiger partial charge on any atom is 0.490 e. The molecule has 0 aromatic rings. The molecule has 11 heteroatoms. The van der Waals surface area contributed by atoms with Crippen LogP contribution in [0.25, 0.3) is 0 Å². The minimum absolute atomic E-state index is 0.00364. The van der Waals surface area contributed by atoms with E-state index in [1.165, 1.54) is 0 Å². The van der Waals surface area contributed by atoms with E-state index < -0.39 is 33.3 Å².